The first kappa shape index (κ1) is 24.6. The Hall–Kier alpha value is -4.10. The topological polar surface area (TPSA) is 91.7 Å². The summed E-state index contributed by atoms with van der Waals surface area (Å²) in [4.78, 5) is 11.8. The van der Waals surface area contributed by atoms with E-state index in [-0.39, 0.29) is 34.8 Å². The average molecular weight is 506 g/mol. The number of hydrogen-bond donors (Lipinski definition) is 3. The van der Waals surface area contributed by atoms with Crippen LogP contribution in [0.1, 0.15) is 19.5 Å². The fourth-order valence-corrected chi connectivity index (χ4v) is 4.87. The molecule has 1 aromatic heterocycles. The fraction of sp³-hybridized carbons (Fsp3) is 0.333. The molecular weight excluding hydrogens is 476 g/mol. The number of aromatic nitrogens is 1. The van der Waals surface area contributed by atoms with Crippen LogP contribution in [0.4, 0.5) is 20.2 Å². The van der Waals surface area contributed by atoms with Gasteiger partial charge in [0.2, 0.25) is 5.90 Å². The molecule has 37 heavy (non-hydrogen) atoms. The van der Waals surface area contributed by atoms with E-state index < -0.39 is 11.6 Å². The molecule has 0 radical (unpaired) electrons. The van der Waals surface area contributed by atoms with Gasteiger partial charge in [0.1, 0.15) is 18.6 Å². The summed E-state index contributed by atoms with van der Waals surface area (Å²) in [5, 5.41) is 16.1. The molecule has 0 saturated carbocycles. The lowest BCUT2D eigenvalue weighted by Gasteiger charge is -2.40. The standard InChI is InChI=1S/C27H29F2N7O/c1-4-35-9-10-36(14-17(35)3)19-7-5-18(6-8-19)34-26-21(13-30)27(32-15-31-26)37-23-12-22(28)25-20(24(23)29)11-16(2)33-25/h5-8,11-12,17,31,33-34H,4,9-10,14-15H2,1-3H3. The molecule has 3 heterocycles. The highest BCUT2D eigenvalue weighted by molar-refractivity contribution is 6.01. The Morgan fingerprint density at radius 2 is 2.00 bits per heavy atom. The molecule has 3 N–H and O–H groups in total. The van der Waals surface area contributed by atoms with E-state index in [4.69, 9.17) is 4.74 Å². The van der Waals surface area contributed by atoms with Crippen molar-refractivity contribution in [1.82, 2.24) is 15.2 Å². The number of ether oxygens (including phenoxy) is 1. The average Bonchev–Trinajstić information content (AvgIpc) is 3.30. The van der Waals surface area contributed by atoms with Gasteiger partial charge in [-0.25, -0.2) is 13.8 Å². The molecule has 0 spiro atoms. The minimum absolute atomic E-state index is 0.0602. The molecule has 1 unspecified atom stereocenters. The molecule has 1 saturated heterocycles. The van der Waals surface area contributed by atoms with Crippen LogP contribution < -0.4 is 20.3 Å². The zero-order chi connectivity index (χ0) is 26.1. The summed E-state index contributed by atoms with van der Waals surface area (Å²) in [7, 11) is 0. The third-order valence-corrected chi connectivity index (χ3v) is 6.84. The van der Waals surface area contributed by atoms with Gasteiger partial charge in [0.05, 0.1) is 5.52 Å². The number of H-pyrrole nitrogens is 1. The van der Waals surface area contributed by atoms with Crippen LogP contribution in [0.3, 0.4) is 0 Å². The van der Waals surface area contributed by atoms with Crippen molar-refractivity contribution in [2.75, 3.05) is 43.1 Å². The van der Waals surface area contributed by atoms with Gasteiger partial charge in [-0.15, -0.1) is 0 Å². The molecule has 2 aliphatic rings. The van der Waals surface area contributed by atoms with Crippen LogP contribution in [0.25, 0.3) is 10.9 Å². The van der Waals surface area contributed by atoms with Crippen LogP contribution >= 0.6 is 0 Å². The summed E-state index contributed by atoms with van der Waals surface area (Å²) in [5.74, 6) is -1.42. The third-order valence-electron chi connectivity index (χ3n) is 6.84. The Kier molecular flexibility index (Phi) is 6.72. The molecule has 192 valence electrons. The summed E-state index contributed by atoms with van der Waals surface area (Å²) in [5.41, 5.74) is 2.65. The number of aryl methyl sites for hydroxylation is 1. The number of anilines is 2. The van der Waals surface area contributed by atoms with Crippen molar-refractivity contribution in [3.8, 4) is 11.8 Å². The van der Waals surface area contributed by atoms with E-state index in [1.54, 1.807) is 6.92 Å². The summed E-state index contributed by atoms with van der Waals surface area (Å²) < 4.78 is 35.2. The monoisotopic (exact) mass is 505 g/mol. The van der Waals surface area contributed by atoms with Crippen LogP contribution in [0.5, 0.6) is 5.75 Å². The summed E-state index contributed by atoms with van der Waals surface area (Å²) in [6.07, 6.45) is 0. The smallest absolute Gasteiger partial charge is 0.238 e. The van der Waals surface area contributed by atoms with E-state index in [0.717, 1.165) is 43.6 Å². The highest BCUT2D eigenvalue weighted by atomic mass is 19.1. The normalized spacial score (nSPS) is 18.4. The quantitative estimate of drug-likeness (QED) is 0.474. The van der Waals surface area contributed by atoms with Gasteiger partial charge in [-0.2, -0.15) is 5.26 Å². The summed E-state index contributed by atoms with van der Waals surface area (Å²) in [6.45, 7) is 10.3. The zero-order valence-corrected chi connectivity index (χ0v) is 21.0. The van der Waals surface area contributed by atoms with E-state index in [2.05, 4.69) is 50.3 Å². The van der Waals surface area contributed by atoms with Crippen LogP contribution in [-0.4, -0.2) is 54.7 Å². The predicted molar refractivity (Wildman–Crippen MR) is 141 cm³/mol. The fourth-order valence-electron chi connectivity index (χ4n) is 4.87. The SMILES string of the molecule is CCN1CCN(c2ccc(NC3=C(C#N)C(Oc4cc(F)c5[nH]c(C)cc5c4F)=NCN3)cc2)CC1C. The molecule has 10 heteroatoms. The molecule has 0 aliphatic carbocycles. The van der Waals surface area contributed by atoms with Crippen molar-refractivity contribution in [3.05, 3.63) is 65.1 Å². The van der Waals surface area contributed by atoms with Gasteiger partial charge in [0.25, 0.3) is 0 Å². The Balaban J connectivity index is 1.34. The lowest BCUT2D eigenvalue weighted by Crippen LogP contribution is -2.51. The van der Waals surface area contributed by atoms with Crippen molar-refractivity contribution < 1.29 is 13.5 Å². The Bertz CT molecular complexity index is 1420. The second-order valence-electron chi connectivity index (χ2n) is 9.27. The number of hydrogen-bond acceptors (Lipinski definition) is 7. The Labute approximate surface area is 214 Å². The van der Waals surface area contributed by atoms with E-state index in [1.165, 1.54) is 6.07 Å². The summed E-state index contributed by atoms with van der Waals surface area (Å²) >= 11 is 0. The molecule has 3 aromatic rings. The highest BCUT2D eigenvalue weighted by Gasteiger charge is 2.25. The highest BCUT2D eigenvalue weighted by Crippen LogP contribution is 2.31. The van der Waals surface area contributed by atoms with E-state index in [9.17, 15) is 9.65 Å². The minimum atomic E-state index is -0.724. The van der Waals surface area contributed by atoms with Crippen molar-refractivity contribution in [2.24, 2.45) is 4.99 Å². The Morgan fingerprint density at radius 1 is 1.22 bits per heavy atom. The number of nitriles is 1. The van der Waals surface area contributed by atoms with Crippen LogP contribution in [0, 0.1) is 29.9 Å². The molecule has 0 bridgehead atoms. The van der Waals surface area contributed by atoms with Crippen LogP contribution in [-0.2, 0) is 0 Å². The predicted octanol–water partition coefficient (Wildman–Crippen LogP) is 4.47. The first-order chi connectivity index (χ1) is 17.9. The van der Waals surface area contributed by atoms with E-state index >= 15 is 4.39 Å². The molecule has 0 amide bonds. The maximum Gasteiger partial charge on any atom is 0.238 e. The number of aliphatic imine (C=N–C) groups is 1. The van der Waals surface area contributed by atoms with Crippen molar-refractivity contribution >= 4 is 28.2 Å². The van der Waals surface area contributed by atoms with Crippen LogP contribution in [0.15, 0.2) is 52.8 Å². The third kappa shape index (κ3) is 4.82. The number of aromatic amines is 1. The molecule has 2 aliphatic heterocycles. The van der Waals surface area contributed by atoms with Gasteiger partial charge in [-0.1, -0.05) is 6.92 Å². The second-order valence-corrected chi connectivity index (χ2v) is 9.27. The maximum atomic E-state index is 15.0. The lowest BCUT2D eigenvalue weighted by atomic mass is 10.1. The maximum absolute atomic E-state index is 15.0. The largest absolute Gasteiger partial charge is 0.435 e. The molecule has 8 nitrogen and oxygen atoms in total. The van der Waals surface area contributed by atoms with Crippen molar-refractivity contribution in [1.29, 1.82) is 5.26 Å². The van der Waals surface area contributed by atoms with E-state index in [0.29, 0.717) is 17.6 Å². The van der Waals surface area contributed by atoms with Gasteiger partial charge < -0.3 is 25.3 Å². The van der Waals surface area contributed by atoms with Gasteiger partial charge in [-0.3, -0.25) is 4.90 Å². The van der Waals surface area contributed by atoms with Crippen LogP contribution in [0.2, 0.25) is 0 Å². The number of nitrogens with one attached hydrogen (secondary N) is 3. The van der Waals surface area contributed by atoms with Gasteiger partial charge in [0.15, 0.2) is 23.0 Å². The molecular formula is C27H29F2N7O. The number of likely N-dealkylation sites (N-methyl/N-ethyl adjacent to an activating group) is 1. The Morgan fingerprint density at radius 3 is 2.70 bits per heavy atom. The first-order valence-electron chi connectivity index (χ1n) is 12.3. The van der Waals surface area contributed by atoms with Gasteiger partial charge in [0, 0.05) is 54.2 Å². The minimum Gasteiger partial charge on any atom is -0.435 e. The van der Waals surface area contributed by atoms with Crippen molar-refractivity contribution in [3.63, 3.8) is 0 Å². The number of fused-ring (bicyclic) bond motifs is 1. The van der Waals surface area contributed by atoms with Gasteiger partial charge in [-0.05, 0) is 50.7 Å². The zero-order valence-electron chi connectivity index (χ0n) is 21.0. The molecule has 1 atom stereocenters. The number of piperazine rings is 1. The van der Waals surface area contributed by atoms with E-state index in [1.807, 2.05) is 24.3 Å². The second kappa shape index (κ2) is 10.1. The summed E-state index contributed by atoms with van der Waals surface area (Å²) in [6, 6.07) is 13.0. The molecule has 2 aromatic carbocycles. The lowest BCUT2D eigenvalue weighted by molar-refractivity contribution is 0.199. The number of rotatable bonds is 5. The number of nitrogens with zero attached hydrogens (tertiary/aromatic N) is 4. The van der Waals surface area contributed by atoms with Gasteiger partial charge >= 0.3 is 0 Å². The number of benzene rings is 2. The first-order valence-corrected chi connectivity index (χ1v) is 12.3. The molecule has 5 rings (SSSR count). The van der Waals surface area contributed by atoms with Crippen molar-refractivity contribution in [2.45, 2.75) is 26.8 Å². The molecule has 1 fully saturated rings. The number of halogens is 2.